The van der Waals surface area contributed by atoms with Crippen LogP contribution in [0.4, 0.5) is 5.69 Å². The molecule has 2 aromatic heterocycles. The maximum atomic E-state index is 12.4. The zero-order chi connectivity index (χ0) is 22.5. The number of benzene rings is 2. The third-order valence-electron chi connectivity index (χ3n) is 4.46. The Hall–Kier alpha value is -3.17. The smallest absolute Gasteiger partial charge is 0.275 e. The van der Waals surface area contributed by atoms with Gasteiger partial charge in [-0.15, -0.1) is 11.8 Å². The molecule has 32 heavy (non-hydrogen) atoms. The maximum absolute atomic E-state index is 12.4. The lowest BCUT2D eigenvalue weighted by molar-refractivity contribution is -0.118. The van der Waals surface area contributed by atoms with Crippen molar-refractivity contribution in [3.63, 3.8) is 0 Å². The second-order valence-electron chi connectivity index (χ2n) is 7.31. The first kappa shape index (κ1) is 22.0. The van der Waals surface area contributed by atoms with Gasteiger partial charge in [-0.2, -0.15) is 9.61 Å². The first-order chi connectivity index (χ1) is 15.5. The molecule has 9 heteroatoms. The summed E-state index contributed by atoms with van der Waals surface area (Å²) in [7, 11) is 0. The van der Waals surface area contributed by atoms with E-state index in [4.69, 9.17) is 4.74 Å². The zero-order valence-electron chi connectivity index (χ0n) is 17.6. The number of aromatic nitrogens is 3. The van der Waals surface area contributed by atoms with Gasteiger partial charge in [-0.05, 0) is 24.3 Å². The summed E-state index contributed by atoms with van der Waals surface area (Å²) in [5.74, 6) is 1.13. The molecule has 0 aliphatic heterocycles. The van der Waals surface area contributed by atoms with Gasteiger partial charge in [0.05, 0.1) is 11.4 Å². The van der Waals surface area contributed by atoms with E-state index in [0.717, 1.165) is 9.90 Å². The number of carbonyl (C=O) groups excluding carboxylic acids is 1. The molecule has 0 spiro atoms. The monoisotopic (exact) mass is 466 g/mol. The van der Waals surface area contributed by atoms with Gasteiger partial charge in [0, 0.05) is 22.6 Å². The van der Waals surface area contributed by atoms with Gasteiger partial charge in [0.25, 0.3) is 11.5 Å². The Balaban J connectivity index is 1.43. The molecule has 164 valence electrons. The number of amides is 1. The van der Waals surface area contributed by atoms with Crippen LogP contribution in [0.1, 0.15) is 30.5 Å². The van der Waals surface area contributed by atoms with Crippen LogP contribution < -0.4 is 15.6 Å². The minimum Gasteiger partial charge on any atom is -0.484 e. The highest BCUT2D eigenvalue weighted by Crippen LogP contribution is 2.29. The quantitative estimate of drug-likeness (QED) is 0.383. The fourth-order valence-electron chi connectivity index (χ4n) is 2.88. The number of thioether (sulfide) groups is 1. The van der Waals surface area contributed by atoms with E-state index < -0.39 is 0 Å². The van der Waals surface area contributed by atoms with E-state index in [-0.39, 0.29) is 24.0 Å². The molecule has 0 saturated carbocycles. The standard InChI is InChI=1S/C23H22N4O3S2/c1-15(2)22-26-27-21(29)12-16(24-23(27)32-22)14-31-19-11-7-6-10-18(19)25-20(28)13-30-17-8-4-3-5-9-17/h3-12,15H,13-14H2,1-2H3,(H,25,28). The lowest BCUT2D eigenvalue weighted by Gasteiger charge is -2.11. The van der Waals surface area contributed by atoms with Crippen molar-refractivity contribution in [2.45, 2.75) is 30.4 Å². The summed E-state index contributed by atoms with van der Waals surface area (Å²) in [5.41, 5.74) is 1.18. The normalized spacial score (nSPS) is 11.1. The van der Waals surface area contributed by atoms with Crippen LogP contribution >= 0.6 is 23.1 Å². The van der Waals surface area contributed by atoms with E-state index in [1.54, 1.807) is 12.1 Å². The number of ether oxygens (including phenoxy) is 1. The number of hydrogen-bond donors (Lipinski definition) is 1. The highest BCUT2D eigenvalue weighted by Gasteiger charge is 2.13. The van der Waals surface area contributed by atoms with Crippen LogP contribution in [0.2, 0.25) is 0 Å². The van der Waals surface area contributed by atoms with Crippen molar-refractivity contribution >= 4 is 39.7 Å². The van der Waals surface area contributed by atoms with E-state index >= 15 is 0 Å². The molecule has 4 aromatic rings. The van der Waals surface area contributed by atoms with Crippen LogP contribution in [0.25, 0.3) is 4.96 Å². The molecule has 0 saturated heterocycles. The van der Waals surface area contributed by atoms with Gasteiger partial charge >= 0.3 is 0 Å². The number of para-hydroxylation sites is 2. The molecule has 0 fully saturated rings. The van der Waals surface area contributed by atoms with E-state index in [1.807, 2.05) is 56.3 Å². The summed E-state index contributed by atoms with van der Waals surface area (Å²) in [6.45, 7) is 3.99. The summed E-state index contributed by atoms with van der Waals surface area (Å²) in [5, 5.41) is 8.13. The number of anilines is 1. The number of hydrogen-bond acceptors (Lipinski definition) is 7. The Kier molecular flexibility index (Phi) is 6.87. The van der Waals surface area contributed by atoms with Crippen molar-refractivity contribution in [1.29, 1.82) is 0 Å². The van der Waals surface area contributed by atoms with Crippen molar-refractivity contribution in [3.8, 4) is 5.75 Å². The molecule has 0 aliphatic rings. The number of fused-ring (bicyclic) bond motifs is 1. The topological polar surface area (TPSA) is 85.6 Å². The van der Waals surface area contributed by atoms with Crippen molar-refractivity contribution in [3.05, 3.63) is 81.7 Å². The van der Waals surface area contributed by atoms with E-state index in [2.05, 4.69) is 15.4 Å². The maximum Gasteiger partial charge on any atom is 0.275 e. The Labute approximate surface area is 193 Å². The summed E-state index contributed by atoms with van der Waals surface area (Å²) >= 11 is 2.94. The largest absolute Gasteiger partial charge is 0.484 e. The van der Waals surface area contributed by atoms with Crippen molar-refractivity contribution in [2.24, 2.45) is 0 Å². The zero-order valence-corrected chi connectivity index (χ0v) is 19.3. The van der Waals surface area contributed by atoms with Gasteiger partial charge in [0.15, 0.2) is 6.61 Å². The van der Waals surface area contributed by atoms with Crippen LogP contribution in [0.15, 0.2) is 70.4 Å². The lowest BCUT2D eigenvalue weighted by atomic mass is 10.2. The third kappa shape index (κ3) is 5.35. The van der Waals surface area contributed by atoms with Crippen molar-refractivity contribution in [1.82, 2.24) is 14.6 Å². The highest BCUT2D eigenvalue weighted by atomic mass is 32.2. The molecular formula is C23H22N4O3S2. The SMILES string of the molecule is CC(C)c1nn2c(=O)cc(CSc3ccccc3NC(=O)COc3ccccc3)nc2s1. The van der Waals surface area contributed by atoms with Gasteiger partial charge < -0.3 is 10.1 Å². The van der Waals surface area contributed by atoms with Crippen molar-refractivity contribution in [2.75, 3.05) is 11.9 Å². The van der Waals surface area contributed by atoms with Gasteiger partial charge in [-0.25, -0.2) is 4.98 Å². The number of nitrogens with zero attached hydrogens (tertiary/aromatic N) is 3. The Morgan fingerprint density at radius 3 is 2.69 bits per heavy atom. The predicted molar refractivity (Wildman–Crippen MR) is 128 cm³/mol. The molecule has 0 radical (unpaired) electrons. The minimum absolute atomic E-state index is 0.0818. The molecule has 1 N–H and O–H groups in total. The Morgan fingerprint density at radius 1 is 1.16 bits per heavy atom. The second kappa shape index (κ2) is 9.97. The van der Waals surface area contributed by atoms with Crippen LogP contribution in [0.3, 0.4) is 0 Å². The summed E-state index contributed by atoms with van der Waals surface area (Å²) in [4.78, 5) is 30.9. The molecule has 1 amide bonds. The summed E-state index contributed by atoms with van der Waals surface area (Å²) in [6, 6.07) is 18.2. The van der Waals surface area contributed by atoms with E-state index in [0.29, 0.717) is 27.8 Å². The van der Waals surface area contributed by atoms with Crippen LogP contribution in [0.5, 0.6) is 5.75 Å². The number of nitrogens with one attached hydrogen (secondary N) is 1. The number of carbonyl (C=O) groups is 1. The number of rotatable bonds is 8. The minimum atomic E-state index is -0.245. The molecule has 0 atom stereocenters. The molecular weight excluding hydrogens is 444 g/mol. The van der Waals surface area contributed by atoms with Gasteiger partial charge in [0.1, 0.15) is 10.8 Å². The summed E-state index contributed by atoms with van der Waals surface area (Å²) < 4.78 is 6.87. The fourth-order valence-corrected chi connectivity index (χ4v) is 4.70. The second-order valence-corrected chi connectivity index (χ2v) is 9.31. The van der Waals surface area contributed by atoms with Crippen LogP contribution in [-0.4, -0.2) is 27.1 Å². The first-order valence-corrected chi connectivity index (χ1v) is 11.9. The van der Waals surface area contributed by atoms with E-state index in [1.165, 1.54) is 33.7 Å². The molecule has 0 unspecified atom stereocenters. The highest BCUT2D eigenvalue weighted by molar-refractivity contribution is 7.98. The predicted octanol–water partition coefficient (Wildman–Crippen LogP) is 4.58. The van der Waals surface area contributed by atoms with Gasteiger partial charge in [0.2, 0.25) is 4.96 Å². The molecule has 7 nitrogen and oxygen atoms in total. The molecule has 2 aromatic carbocycles. The molecule has 0 aliphatic carbocycles. The molecule has 2 heterocycles. The third-order valence-corrected chi connectivity index (χ3v) is 6.77. The summed E-state index contributed by atoms with van der Waals surface area (Å²) in [6.07, 6.45) is 0. The first-order valence-electron chi connectivity index (χ1n) is 10.1. The Morgan fingerprint density at radius 2 is 1.91 bits per heavy atom. The van der Waals surface area contributed by atoms with E-state index in [9.17, 15) is 9.59 Å². The van der Waals surface area contributed by atoms with Gasteiger partial charge in [-0.3, -0.25) is 9.59 Å². The molecule has 0 bridgehead atoms. The van der Waals surface area contributed by atoms with Crippen LogP contribution in [-0.2, 0) is 10.5 Å². The van der Waals surface area contributed by atoms with Gasteiger partial charge in [-0.1, -0.05) is 55.5 Å². The lowest BCUT2D eigenvalue weighted by Crippen LogP contribution is -2.20. The van der Waals surface area contributed by atoms with Crippen LogP contribution in [0, 0.1) is 0 Å². The Bertz CT molecular complexity index is 1290. The average Bonchev–Trinajstić information content (AvgIpc) is 3.23. The average molecular weight is 467 g/mol. The fraction of sp³-hybridized carbons (Fsp3) is 0.217. The van der Waals surface area contributed by atoms with Crippen molar-refractivity contribution < 1.29 is 9.53 Å². The molecule has 4 rings (SSSR count).